The highest BCUT2D eigenvalue weighted by Crippen LogP contribution is 2.28. The standard InChI is InChI=1S/C15H14Cl2O3/c1-19-12-4-2-3-10(7-12)14(18)9-20-15-6-5-11(16)8-13(15)17/h2-8,14,18H,9H2,1H3. The normalized spacial score (nSPS) is 12.0. The minimum Gasteiger partial charge on any atom is -0.497 e. The van der Waals surface area contributed by atoms with Crippen molar-refractivity contribution < 1.29 is 14.6 Å². The van der Waals surface area contributed by atoms with Crippen molar-refractivity contribution >= 4 is 23.2 Å². The fourth-order valence-corrected chi connectivity index (χ4v) is 2.17. The van der Waals surface area contributed by atoms with Gasteiger partial charge in [-0.25, -0.2) is 0 Å². The maximum atomic E-state index is 10.1. The summed E-state index contributed by atoms with van der Waals surface area (Å²) >= 11 is 11.8. The monoisotopic (exact) mass is 312 g/mol. The van der Waals surface area contributed by atoms with E-state index in [-0.39, 0.29) is 6.61 Å². The lowest BCUT2D eigenvalue weighted by molar-refractivity contribution is 0.108. The first-order valence-corrected chi connectivity index (χ1v) is 6.75. The predicted octanol–water partition coefficient (Wildman–Crippen LogP) is 4.11. The Morgan fingerprint density at radius 1 is 1.15 bits per heavy atom. The zero-order valence-corrected chi connectivity index (χ0v) is 12.4. The van der Waals surface area contributed by atoms with Crippen molar-refractivity contribution in [2.24, 2.45) is 0 Å². The van der Waals surface area contributed by atoms with E-state index in [9.17, 15) is 5.11 Å². The number of halogens is 2. The van der Waals surface area contributed by atoms with E-state index in [1.165, 1.54) is 0 Å². The first kappa shape index (κ1) is 15.0. The van der Waals surface area contributed by atoms with Crippen molar-refractivity contribution in [2.45, 2.75) is 6.10 Å². The third-order valence-electron chi connectivity index (χ3n) is 2.77. The van der Waals surface area contributed by atoms with Gasteiger partial charge >= 0.3 is 0 Å². The van der Waals surface area contributed by atoms with Gasteiger partial charge in [-0.05, 0) is 35.9 Å². The van der Waals surface area contributed by atoms with E-state index in [0.29, 0.717) is 21.5 Å². The van der Waals surface area contributed by atoms with Crippen molar-refractivity contribution in [3.8, 4) is 11.5 Å². The number of benzene rings is 2. The van der Waals surface area contributed by atoms with Gasteiger partial charge in [0.1, 0.15) is 24.2 Å². The number of hydrogen-bond donors (Lipinski definition) is 1. The fourth-order valence-electron chi connectivity index (χ4n) is 1.71. The Morgan fingerprint density at radius 2 is 1.95 bits per heavy atom. The molecule has 20 heavy (non-hydrogen) atoms. The average Bonchev–Trinajstić information content (AvgIpc) is 2.46. The van der Waals surface area contributed by atoms with E-state index in [2.05, 4.69) is 0 Å². The van der Waals surface area contributed by atoms with Gasteiger partial charge in [0, 0.05) is 5.02 Å². The molecule has 0 saturated heterocycles. The Hall–Kier alpha value is -1.42. The van der Waals surface area contributed by atoms with Crippen LogP contribution in [0.5, 0.6) is 11.5 Å². The van der Waals surface area contributed by atoms with E-state index in [4.69, 9.17) is 32.7 Å². The molecule has 0 amide bonds. The fraction of sp³-hybridized carbons (Fsp3) is 0.200. The molecule has 106 valence electrons. The summed E-state index contributed by atoms with van der Waals surface area (Å²) in [5, 5.41) is 11.0. The summed E-state index contributed by atoms with van der Waals surface area (Å²) in [4.78, 5) is 0. The second-order valence-electron chi connectivity index (χ2n) is 4.18. The van der Waals surface area contributed by atoms with Crippen LogP contribution in [0.15, 0.2) is 42.5 Å². The van der Waals surface area contributed by atoms with E-state index in [1.54, 1.807) is 37.4 Å². The van der Waals surface area contributed by atoms with E-state index in [0.717, 1.165) is 5.56 Å². The molecule has 1 atom stereocenters. The van der Waals surface area contributed by atoms with Crippen molar-refractivity contribution in [2.75, 3.05) is 13.7 Å². The second kappa shape index (κ2) is 6.84. The van der Waals surface area contributed by atoms with Gasteiger partial charge < -0.3 is 14.6 Å². The third kappa shape index (κ3) is 3.79. The molecule has 0 heterocycles. The summed E-state index contributed by atoms with van der Waals surface area (Å²) < 4.78 is 10.6. The molecule has 0 aliphatic heterocycles. The summed E-state index contributed by atoms with van der Waals surface area (Å²) in [7, 11) is 1.58. The van der Waals surface area contributed by atoms with Crippen LogP contribution in [-0.2, 0) is 0 Å². The van der Waals surface area contributed by atoms with Gasteiger partial charge in [-0.2, -0.15) is 0 Å². The van der Waals surface area contributed by atoms with E-state index >= 15 is 0 Å². The zero-order chi connectivity index (χ0) is 14.5. The van der Waals surface area contributed by atoms with Crippen molar-refractivity contribution in [3.63, 3.8) is 0 Å². The molecule has 3 nitrogen and oxygen atoms in total. The molecule has 0 bridgehead atoms. The lowest BCUT2D eigenvalue weighted by atomic mass is 10.1. The molecule has 2 rings (SSSR count). The summed E-state index contributed by atoms with van der Waals surface area (Å²) in [6.45, 7) is 0.0918. The molecular formula is C15H14Cl2O3. The van der Waals surface area contributed by atoms with Crippen LogP contribution in [0.3, 0.4) is 0 Å². The molecule has 0 fully saturated rings. The van der Waals surface area contributed by atoms with Crippen LogP contribution < -0.4 is 9.47 Å². The first-order valence-electron chi connectivity index (χ1n) is 6.00. The smallest absolute Gasteiger partial charge is 0.138 e. The van der Waals surface area contributed by atoms with Gasteiger partial charge in [-0.15, -0.1) is 0 Å². The summed E-state index contributed by atoms with van der Waals surface area (Å²) in [5.41, 5.74) is 0.717. The van der Waals surface area contributed by atoms with Crippen LogP contribution in [0.2, 0.25) is 10.0 Å². The van der Waals surface area contributed by atoms with Crippen molar-refractivity contribution in [3.05, 3.63) is 58.1 Å². The molecule has 0 radical (unpaired) electrons. The van der Waals surface area contributed by atoms with Gasteiger partial charge in [0.15, 0.2) is 0 Å². The maximum Gasteiger partial charge on any atom is 0.138 e. The van der Waals surface area contributed by atoms with Crippen LogP contribution in [0, 0.1) is 0 Å². The van der Waals surface area contributed by atoms with Crippen LogP contribution in [0.4, 0.5) is 0 Å². The van der Waals surface area contributed by atoms with Gasteiger partial charge in [0.25, 0.3) is 0 Å². The highest BCUT2D eigenvalue weighted by molar-refractivity contribution is 6.35. The SMILES string of the molecule is COc1cccc(C(O)COc2ccc(Cl)cc2Cl)c1. The molecule has 0 aliphatic rings. The highest BCUT2D eigenvalue weighted by atomic mass is 35.5. The Balaban J connectivity index is 2.02. The summed E-state index contributed by atoms with van der Waals surface area (Å²) in [5.74, 6) is 1.17. The minimum absolute atomic E-state index is 0.0918. The second-order valence-corrected chi connectivity index (χ2v) is 5.02. The van der Waals surface area contributed by atoms with Crippen molar-refractivity contribution in [1.82, 2.24) is 0 Å². The Kier molecular flexibility index (Phi) is 5.12. The molecule has 0 aliphatic carbocycles. The van der Waals surface area contributed by atoms with E-state index in [1.807, 2.05) is 12.1 Å². The largest absolute Gasteiger partial charge is 0.497 e. The first-order chi connectivity index (χ1) is 9.60. The Bertz CT molecular complexity index is 587. The average molecular weight is 313 g/mol. The third-order valence-corrected chi connectivity index (χ3v) is 3.30. The number of ether oxygens (including phenoxy) is 2. The predicted molar refractivity (Wildman–Crippen MR) is 79.9 cm³/mol. The molecule has 2 aromatic rings. The zero-order valence-electron chi connectivity index (χ0n) is 10.8. The Labute approximate surface area is 127 Å². The summed E-state index contributed by atoms with van der Waals surface area (Å²) in [6, 6.07) is 12.1. The van der Waals surface area contributed by atoms with Crippen molar-refractivity contribution in [1.29, 1.82) is 0 Å². The maximum absolute atomic E-state index is 10.1. The highest BCUT2D eigenvalue weighted by Gasteiger charge is 2.11. The molecule has 0 spiro atoms. The number of rotatable bonds is 5. The number of methoxy groups -OCH3 is 1. The molecular weight excluding hydrogens is 299 g/mol. The molecule has 0 saturated carbocycles. The molecule has 0 aromatic heterocycles. The number of hydrogen-bond acceptors (Lipinski definition) is 3. The van der Waals surface area contributed by atoms with Crippen LogP contribution >= 0.6 is 23.2 Å². The Morgan fingerprint density at radius 3 is 2.65 bits per heavy atom. The molecule has 5 heteroatoms. The van der Waals surface area contributed by atoms with Crippen LogP contribution in [0.25, 0.3) is 0 Å². The molecule has 2 aromatic carbocycles. The van der Waals surface area contributed by atoms with Gasteiger partial charge in [0.05, 0.1) is 12.1 Å². The van der Waals surface area contributed by atoms with Gasteiger partial charge in [-0.1, -0.05) is 35.3 Å². The number of aliphatic hydroxyl groups excluding tert-OH is 1. The summed E-state index contributed by atoms with van der Waals surface area (Å²) in [6.07, 6.45) is -0.767. The van der Waals surface area contributed by atoms with Gasteiger partial charge in [0.2, 0.25) is 0 Å². The lowest BCUT2D eigenvalue weighted by Crippen LogP contribution is -2.10. The van der Waals surface area contributed by atoms with Gasteiger partial charge in [-0.3, -0.25) is 0 Å². The molecule has 1 unspecified atom stereocenters. The lowest BCUT2D eigenvalue weighted by Gasteiger charge is -2.14. The van der Waals surface area contributed by atoms with Crippen LogP contribution in [-0.4, -0.2) is 18.8 Å². The topological polar surface area (TPSA) is 38.7 Å². The number of aliphatic hydroxyl groups is 1. The van der Waals surface area contributed by atoms with Crippen LogP contribution in [0.1, 0.15) is 11.7 Å². The molecule has 1 N–H and O–H groups in total. The minimum atomic E-state index is -0.767. The van der Waals surface area contributed by atoms with E-state index < -0.39 is 6.10 Å². The quantitative estimate of drug-likeness (QED) is 0.902.